The van der Waals surface area contributed by atoms with E-state index in [1.54, 1.807) is 0 Å². The Morgan fingerprint density at radius 3 is 2.69 bits per heavy atom. The second-order valence-electron chi connectivity index (χ2n) is 4.30. The molecule has 1 saturated heterocycles. The fourth-order valence-corrected chi connectivity index (χ4v) is 2.00. The normalized spacial score (nSPS) is 31.2. The zero-order chi connectivity index (χ0) is 9.84. The summed E-state index contributed by atoms with van der Waals surface area (Å²) < 4.78 is 0. The van der Waals surface area contributed by atoms with Gasteiger partial charge in [-0.05, 0) is 27.6 Å². The molecule has 13 heavy (non-hydrogen) atoms. The highest BCUT2D eigenvalue weighted by Gasteiger charge is 2.23. The van der Waals surface area contributed by atoms with Crippen LogP contribution in [0.25, 0.3) is 0 Å². The molecule has 0 spiro atoms. The molecule has 1 fully saturated rings. The Morgan fingerprint density at radius 2 is 2.15 bits per heavy atom. The van der Waals surface area contributed by atoms with Crippen molar-refractivity contribution in [2.24, 2.45) is 0 Å². The van der Waals surface area contributed by atoms with Gasteiger partial charge in [0.05, 0.1) is 0 Å². The largest absolute Gasteiger partial charge is 0.310 e. The minimum absolute atomic E-state index is 0.645. The van der Waals surface area contributed by atoms with Gasteiger partial charge in [0.1, 0.15) is 0 Å². The molecule has 0 aromatic rings. The topological polar surface area (TPSA) is 18.5 Å². The van der Waals surface area contributed by atoms with Crippen molar-refractivity contribution < 1.29 is 0 Å². The van der Waals surface area contributed by atoms with E-state index in [-0.39, 0.29) is 0 Å². The molecule has 1 aliphatic heterocycles. The summed E-state index contributed by atoms with van der Waals surface area (Å²) in [5.74, 6) is 0. The van der Waals surface area contributed by atoms with E-state index in [0.29, 0.717) is 12.1 Å². The Labute approximate surface area is 82.1 Å². The molecule has 0 saturated carbocycles. The lowest BCUT2D eigenvalue weighted by Gasteiger charge is -2.39. The highest BCUT2D eigenvalue weighted by Crippen LogP contribution is 2.06. The van der Waals surface area contributed by atoms with Gasteiger partial charge in [0.2, 0.25) is 0 Å². The minimum atomic E-state index is 0.645. The highest BCUT2D eigenvalue weighted by atomic mass is 15.2. The third-order valence-corrected chi connectivity index (χ3v) is 2.77. The van der Waals surface area contributed by atoms with Gasteiger partial charge in [0.15, 0.2) is 0 Å². The van der Waals surface area contributed by atoms with Gasteiger partial charge in [-0.15, -0.1) is 0 Å². The first-order valence-corrected chi connectivity index (χ1v) is 5.25. The summed E-state index contributed by atoms with van der Waals surface area (Å²) in [7, 11) is 4.27. The van der Waals surface area contributed by atoms with E-state index >= 15 is 0 Å². The number of nitrogens with zero attached hydrogens (tertiary/aromatic N) is 2. The van der Waals surface area contributed by atoms with Crippen molar-refractivity contribution in [2.45, 2.75) is 25.9 Å². The zero-order valence-electron chi connectivity index (χ0n) is 9.38. The monoisotopic (exact) mass is 185 g/mol. The van der Waals surface area contributed by atoms with Crippen molar-refractivity contribution in [3.63, 3.8) is 0 Å². The molecular weight excluding hydrogens is 162 g/mol. The van der Waals surface area contributed by atoms with Crippen LogP contribution in [0.2, 0.25) is 0 Å². The van der Waals surface area contributed by atoms with E-state index < -0.39 is 0 Å². The maximum Gasteiger partial charge on any atom is 0.0323 e. The summed E-state index contributed by atoms with van der Waals surface area (Å²) in [5.41, 5.74) is 0. The van der Waals surface area contributed by atoms with Crippen LogP contribution in [0.3, 0.4) is 0 Å². The molecule has 1 aliphatic rings. The standard InChI is InChI=1S/C10H23N3/c1-5-13-8-10(7-12(3)4)11-6-9(13)2/h9-11H,5-8H2,1-4H3. The van der Waals surface area contributed by atoms with E-state index in [4.69, 9.17) is 0 Å². The van der Waals surface area contributed by atoms with Crippen molar-refractivity contribution in [3.8, 4) is 0 Å². The first-order valence-electron chi connectivity index (χ1n) is 5.25. The van der Waals surface area contributed by atoms with Gasteiger partial charge < -0.3 is 10.2 Å². The molecule has 2 atom stereocenters. The molecule has 0 aliphatic carbocycles. The zero-order valence-corrected chi connectivity index (χ0v) is 9.38. The van der Waals surface area contributed by atoms with E-state index in [9.17, 15) is 0 Å². The molecule has 0 radical (unpaired) electrons. The van der Waals surface area contributed by atoms with E-state index in [1.165, 1.54) is 13.1 Å². The van der Waals surface area contributed by atoms with Crippen LogP contribution >= 0.6 is 0 Å². The predicted molar refractivity (Wildman–Crippen MR) is 57.1 cm³/mol. The lowest BCUT2D eigenvalue weighted by atomic mass is 10.1. The van der Waals surface area contributed by atoms with Gasteiger partial charge >= 0.3 is 0 Å². The molecule has 1 heterocycles. The first-order chi connectivity index (χ1) is 6.13. The van der Waals surface area contributed by atoms with Crippen molar-refractivity contribution in [3.05, 3.63) is 0 Å². The molecule has 2 unspecified atom stereocenters. The summed E-state index contributed by atoms with van der Waals surface area (Å²) in [5, 5.41) is 3.58. The number of piperazine rings is 1. The van der Waals surface area contributed by atoms with Crippen LogP contribution in [0.1, 0.15) is 13.8 Å². The minimum Gasteiger partial charge on any atom is -0.310 e. The summed E-state index contributed by atoms with van der Waals surface area (Å²) >= 11 is 0. The highest BCUT2D eigenvalue weighted by molar-refractivity contribution is 4.84. The number of hydrogen-bond acceptors (Lipinski definition) is 3. The number of rotatable bonds is 3. The maximum absolute atomic E-state index is 3.58. The van der Waals surface area contributed by atoms with Crippen molar-refractivity contribution in [1.82, 2.24) is 15.1 Å². The van der Waals surface area contributed by atoms with Crippen LogP contribution in [0, 0.1) is 0 Å². The molecule has 3 nitrogen and oxygen atoms in total. The van der Waals surface area contributed by atoms with Crippen LogP contribution in [0.5, 0.6) is 0 Å². The number of hydrogen-bond donors (Lipinski definition) is 1. The Balaban J connectivity index is 2.36. The Kier molecular flexibility index (Phi) is 4.16. The summed E-state index contributed by atoms with van der Waals surface area (Å²) in [6.07, 6.45) is 0. The van der Waals surface area contributed by atoms with E-state index in [1.807, 2.05) is 0 Å². The molecule has 0 bridgehead atoms. The summed E-state index contributed by atoms with van der Waals surface area (Å²) in [4.78, 5) is 4.80. The quantitative estimate of drug-likeness (QED) is 0.679. The predicted octanol–water partition coefficient (Wildman–Crippen LogP) is 0.230. The second-order valence-corrected chi connectivity index (χ2v) is 4.30. The van der Waals surface area contributed by atoms with Crippen LogP contribution in [0.4, 0.5) is 0 Å². The molecule has 1 N–H and O–H groups in total. The third kappa shape index (κ3) is 3.25. The lowest BCUT2D eigenvalue weighted by molar-refractivity contribution is 0.134. The average Bonchev–Trinajstić information content (AvgIpc) is 2.07. The van der Waals surface area contributed by atoms with Crippen molar-refractivity contribution in [1.29, 1.82) is 0 Å². The van der Waals surface area contributed by atoms with Gasteiger partial charge in [-0.2, -0.15) is 0 Å². The Hall–Kier alpha value is -0.120. The van der Waals surface area contributed by atoms with Crippen LogP contribution < -0.4 is 5.32 Å². The summed E-state index contributed by atoms with van der Waals surface area (Å²) in [6.45, 7) is 9.18. The van der Waals surface area contributed by atoms with Gasteiger partial charge in [0.25, 0.3) is 0 Å². The van der Waals surface area contributed by atoms with Crippen LogP contribution in [-0.2, 0) is 0 Å². The number of nitrogens with one attached hydrogen (secondary N) is 1. The Morgan fingerprint density at radius 1 is 1.46 bits per heavy atom. The van der Waals surface area contributed by atoms with E-state index in [2.05, 4.69) is 43.1 Å². The molecule has 1 rings (SSSR count). The summed E-state index contributed by atoms with van der Waals surface area (Å²) in [6, 6.07) is 1.34. The number of likely N-dealkylation sites (N-methyl/N-ethyl adjacent to an activating group) is 2. The Bertz CT molecular complexity index is 147. The molecular formula is C10H23N3. The first kappa shape index (κ1) is 11.0. The van der Waals surface area contributed by atoms with E-state index in [0.717, 1.165) is 13.1 Å². The smallest absolute Gasteiger partial charge is 0.0323 e. The van der Waals surface area contributed by atoms with Gasteiger partial charge in [-0.1, -0.05) is 6.92 Å². The van der Waals surface area contributed by atoms with Gasteiger partial charge in [0, 0.05) is 31.7 Å². The molecule has 0 aromatic heterocycles. The second kappa shape index (κ2) is 4.94. The average molecular weight is 185 g/mol. The SMILES string of the molecule is CCN1CC(CN(C)C)NCC1C. The van der Waals surface area contributed by atoms with Crippen molar-refractivity contribution >= 4 is 0 Å². The lowest BCUT2D eigenvalue weighted by Crippen LogP contribution is -2.57. The fourth-order valence-electron chi connectivity index (χ4n) is 2.00. The molecule has 78 valence electrons. The molecule has 0 aromatic carbocycles. The van der Waals surface area contributed by atoms with Crippen LogP contribution in [-0.4, -0.2) is 62.2 Å². The third-order valence-electron chi connectivity index (χ3n) is 2.77. The van der Waals surface area contributed by atoms with Crippen molar-refractivity contribution in [2.75, 3.05) is 40.3 Å². The van der Waals surface area contributed by atoms with Gasteiger partial charge in [-0.3, -0.25) is 4.90 Å². The molecule has 3 heteroatoms. The van der Waals surface area contributed by atoms with Gasteiger partial charge in [-0.25, -0.2) is 0 Å². The van der Waals surface area contributed by atoms with Crippen LogP contribution in [0.15, 0.2) is 0 Å². The fraction of sp³-hybridized carbons (Fsp3) is 1.00. The molecule has 0 amide bonds. The maximum atomic E-state index is 3.58.